The first-order valence-electron chi connectivity index (χ1n) is 5.24. The minimum atomic E-state index is -0.200. The lowest BCUT2D eigenvalue weighted by atomic mass is 9.93. The van der Waals surface area contributed by atoms with E-state index in [0.717, 1.165) is 13.0 Å². The topological polar surface area (TPSA) is 27.1 Å². The Morgan fingerprint density at radius 2 is 2.40 bits per heavy atom. The van der Waals surface area contributed by atoms with Crippen molar-refractivity contribution >= 4 is 11.6 Å². The third-order valence-electron chi connectivity index (χ3n) is 3.00. The second-order valence-corrected chi connectivity index (χ2v) is 5.27. The van der Waals surface area contributed by atoms with Gasteiger partial charge in [-0.05, 0) is 25.8 Å². The van der Waals surface area contributed by atoms with E-state index in [0.29, 0.717) is 5.92 Å². The van der Waals surface area contributed by atoms with Crippen molar-refractivity contribution in [1.29, 1.82) is 0 Å². The van der Waals surface area contributed by atoms with E-state index in [2.05, 4.69) is 5.10 Å². The molecule has 84 valence electrons. The molecule has 15 heavy (non-hydrogen) atoms. The minimum Gasteiger partial charge on any atom is -0.374 e. The summed E-state index contributed by atoms with van der Waals surface area (Å²) in [5.41, 5.74) is 1.03. The second kappa shape index (κ2) is 3.80. The SMILES string of the molecule is Cn1cc(CC2COC(C)(C)C2Cl)cn1. The highest BCUT2D eigenvalue weighted by Gasteiger charge is 2.41. The quantitative estimate of drug-likeness (QED) is 0.724. The minimum absolute atomic E-state index is 0.0812. The summed E-state index contributed by atoms with van der Waals surface area (Å²) >= 11 is 6.37. The van der Waals surface area contributed by atoms with E-state index in [-0.39, 0.29) is 11.0 Å². The lowest BCUT2D eigenvalue weighted by Gasteiger charge is -2.22. The molecular weight excluding hydrogens is 212 g/mol. The van der Waals surface area contributed by atoms with Crippen LogP contribution in [0.3, 0.4) is 0 Å². The molecule has 2 unspecified atom stereocenters. The van der Waals surface area contributed by atoms with E-state index in [1.807, 2.05) is 38.0 Å². The van der Waals surface area contributed by atoms with E-state index >= 15 is 0 Å². The maximum atomic E-state index is 6.37. The first-order valence-corrected chi connectivity index (χ1v) is 5.68. The van der Waals surface area contributed by atoms with Crippen LogP contribution in [0.4, 0.5) is 0 Å². The molecule has 4 heteroatoms. The number of alkyl halides is 1. The van der Waals surface area contributed by atoms with Gasteiger partial charge in [-0.3, -0.25) is 4.68 Å². The van der Waals surface area contributed by atoms with Gasteiger partial charge in [0.1, 0.15) is 0 Å². The van der Waals surface area contributed by atoms with Crippen LogP contribution < -0.4 is 0 Å². The molecule has 3 nitrogen and oxygen atoms in total. The van der Waals surface area contributed by atoms with E-state index < -0.39 is 0 Å². The van der Waals surface area contributed by atoms with Gasteiger partial charge in [-0.1, -0.05) is 0 Å². The number of halogens is 1. The predicted octanol–water partition coefficient (Wildman–Crippen LogP) is 1.99. The van der Waals surface area contributed by atoms with E-state index in [1.165, 1.54) is 5.56 Å². The third-order valence-corrected chi connectivity index (χ3v) is 3.89. The molecule has 0 aromatic carbocycles. The Morgan fingerprint density at radius 1 is 1.67 bits per heavy atom. The zero-order valence-electron chi connectivity index (χ0n) is 9.40. The fraction of sp³-hybridized carbons (Fsp3) is 0.727. The molecule has 1 fully saturated rings. The standard InChI is InChI=1S/C11H17ClN2O/c1-11(2)10(12)9(7-15-11)4-8-5-13-14(3)6-8/h5-6,9-10H,4,7H2,1-3H3. The Morgan fingerprint density at radius 3 is 2.87 bits per heavy atom. The molecule has 0 aliphatic carbocycles. The van der Waals surface area contributed by atoms with Crippen molar-refractivity contribution in [1.82, 2.24) is 9.78 Å². The van der Waals surface area contributed by atoms with Crippen LogP contribution in [0.2, 0.25) is 0 Å². The maximum Gasteiger partial charge on any atom is 0.0793 e. The molecule has 0 saturated carbocycles. The number of ether oxygens (including phenoxy) is 1. The van der Waals surface area contributed by atoms with Gasteiger partial charge in [0, 0.05) is 19.2 Å². The summed E-state index contributed by atoms with van der Waals surface area (Å²) in [5, 5.41) is 4.23. The molecule has 1 aromatic rings. The summed E-state index contributed by atoms with van der Waals surface area (Å²) in [6.07, 6.45) is 4.88. The van der Waals surface area contributed by atoms with E-state index in [9.17, 15) is 0 Å². The monoisotopic (exact) mass is 228 g/mol. The highest BCUT2D eigenvalue weighted by Crippen LogP contribution is 2.35. The second-order valence-electron chi connectivity index (χ2n) is 4.80. The zero-order chi connectivity index (χ0) is 11.1. The van der Waals surface area contributed by atoms with Crippen LogP contribution in [0.5, 0.6) is 0 Å². The Hall–Kier alpha value is -0.540. The molecule has 1 aliphatic heterocycles. The van der Waals surface area contributed by atoms with Crippen LogP contribution >= 0.6 is 11.6 Å². The molecule has 1 aliphatic rings. The number of hydrogen-bond acceptors (Lipinski definition) is 2. The van der Waals surface area contributed by atoms with Crippen LogP contribution in [-0.4, -0.2) is 27.4 Å². The van der Waals surface area contributed by atoms with Gasteiger partial charge >= 0.3 is 0 Å². The molecule has 0 amide bonds. The smallest absolute Gasteiger partial charge is 0.0793 e. The van der Waals surface area contributed by atoms with Crippen molar-refractivity contribution < 1.29 is 4.74 Å². The van der Waals surface area contributed by atoms with Gasteiger partial charge in [0.25, 0.3) is 0 Å². The Bertz CT molecular complexity index is 348. The molecule has 0 radical (unpaired) electrons. The fourth-order valence-electron chi connectivity index (χ4n) is 2.10. The van der Waals surface area contributed by atoms with Crippen molar-refractivity contribution in [3.05, 3.63) is 18.0 Å². The normalized spacial score (nSPS) is 29.6. The van der Waals surface area contributed by atoms with Gasteiger partial charge in [0.15, 0.2) is 0 Å². The lowest BCUT2D eigenvalue weighted by molar-refractivity contribution is 0.0365. The van der Waals surface area contributed by atoms with Crippen LogP contribution in [0, 0.1) is 5.92 Å². The van der Waals surface area contributed by atoms with Crippen LogP contribution in [0.15, 0.2) is 12.4 Å². The summed E-state index contributed by atoms with van der Waals surface area (Å²) in [4.78, 5) is 0. The molecule has 0 N–H and O–H groups in total. The van der Waals surface area contributed by atoms with Gasteiger partial charge < -0.3 is 4.74 Å². The van der Waals surface area contributed by atoms with Gasteiger partial charge in [-0.25, -0.2) is 0 Å². The van der Waals surface area contributed by atoms with Crippen LogP contribution in [0.25, 0.3) is 0 Å². The summed E-state index contributed by atoms with van der Waals surface area (Å²) in [6, 6.07) is 0. The molecular formula is C11H17ClN2O. The Kier molecular flexibility index (Phi) is 2.77. The highest BCUT2D eigenvalue weighted by molar-refractivity contribution is 6.21. The van der Waals surface area contributed by atoms with Gasteiger partial charge in [0.2, 0.25) is 0 Å². The molecule has 0 bridgehead atoms. The van der Waals surface area contributed by atoms with Crippen molar-refractivity contribution in [3.63, 3.8) is 0 Å². The lowest BCUT2D eigenvalue weighted by Crippen LogP contribution is -2.31. The van der Waals surface area contributed by atoms with Gasteiger partial charge in [-0.15, -0.1) is 11.6 Å². The first kappa shape index (κ1) is 11.0. The Balaban J connectivity index is 2.02. The number of aromatic nitrogens is 2. The summed E-state index contributed by atoms with van der Waals surface area (Å²) in [7, 11) is 1.93. The van der Waals surface area contributed by atoms with Gasteiger partial charge in [-0.2, -0.15) is 5.10 Å². The average molecular weight is 229 g/mol. The Labute approximate surface area is 95.4 Å². The predicted molar refractivity (Wildman–Crippen MR) is 60.1 cm³/mol. The third kappa shape index (κ3) is 2.18. The number of aryl methyl sites for hydroxylation is 1. The largest absolute Gasteiger partial charge is 0.374 e. The van der Waals surface area contributed by atoms with Crippen molar-refractivity contribution in [2.45, 2.75) is 31.2 Å². The van der Waals surface area contributed by atoms with Crippen molar-refractivity contribution in [2.24, 2.45) is 13.0 Å². The van der Waals surface area contributed by atoms with E-state index in [4.69, 9.17) is 16.3 Å². The van der Waals surface area contributed by atoms with Gasteiger partial charge in [0.05, 0.1) is 23.8 Å². The molecule has 1 saturated heterocycles. The molecule has 2 atom stereocenters. The molecule has 1 aromatic heterocycles. The number of hydrogen-bond donors (Lipinski definition) is 0. The maximum absolute atomic E-state index is 6.37. The summed E-state index contributed by atoms with van der Waals surface area (Å²) in [5.74, 6) is 0.394. The van der Waals surface area contributed by atoms with E-state index in [1.54, 1.807) is 0 Å². The van der Waals surface area contributed by atoms with Crippen molar-refractivity contribution in [2.75, 3.05) is 6.61 Å². The number of rotatable bonds is 2. The average Bonchev–Trinajstić information content (AvgIpc) is 2.66. The van der Waals surface area contributed by atoms with Crippen LogP contribution in [-0.2, 0) is 18.2 Å². The summed E-state index contributed by atoms with van der Waals surface area (Å²) < 4.78 is 7.50. The zero-order valence-corrected chi connectivity index (χ0v) is 10.2. The van der Waals surface area contributed by atoms with Crippen molar-refractivity contribution in [3.8, 4) is 0 Å². The summed E-state index contributed by atoms with van der Waals surface area (Å²) in [6.45, 7) is 4.85. The van der Waals surface area contributed by atoms with Crippen LogP contribution in [0.1, 0.15) is 19.4 Å². The molecule has 0 spiro atoms. The highest BCUT2D eigenvalue weighted by atomic mass is 35.5. The fourth-order valence-corrected chi connectivity index (χ4v) is 2.32. The first-order chi connectivity index (χ1) is 6.99. The number of nitrogens with zero attached hydrogens (tertiary/aromatic N) is 2. The molecule has 2 rings (SSSR count). The molecule has 2 heterocycles.